The van der Waals surface area contributed by atoms with Gasteiger partial charge in [0.1, 0.15) is 4.64 Å². The highest BCUT2D eigenvalue weighted by Crippen LogP contribution is 2.08. The van der Waals surface area contributed by atoms with Gasteiger partial charge in [0.15, 0.2) is 5.65 Å². The SMILES string of the molecule is COC(=O)c1nc(S(N)(=O)=O)nc2cc(=S)[nH]n12. The number of carbonyl (C=O) groups is 1. The lowest BCUT2D eigenvalue weighted by molar-refractivity contribution is 0.0581. The first-order chi connectivity index (χ1) is 8.32. The first-order valence-corrected chi connectivity index (χ1v) is 6.39. The van der Waals surface area contributed by atoms with Gasteiger partial charge in [-0.1, -0.05) is 12.2 Å². The first kappa shape index (κ1) is 12.6. The Morgan fingerprint density at radius 3 is 2.78 bits per heavy atom. The van der Waals surface area contributed by atoms with Crippen molar-refractivity contribution in [2.24, 2.45) is 5.14 Å². The van der Waals surface area contributed by atoms with E-state index in [9.17, 15) is 13.2 Å². The summed E-state index contributed by atoms with van der Waals surface area (Å²) in [5, 5.41) is 6.82. The van der Waals surface area contributed by atoms with Crippen molar-refractivity contribution in [3.05, 3.63) is 16.5 Å². The molecule has 0 aliphatic rings. The molecule has 9 nitrogen and oxygen atoms in total. The highest BCUT2D eigenvalue weighted by Gasteiger charge is 2.21. The quantitative estimate of drug-likeness (QED) is 0.547. The second-order valence-corrected chi connectivity index (χ2v) is 5.08. The summed E-state index contributed by atoms with van der Waals surface area (Å²) in [6.45, 7) is 0. The van der Waals surface area contributed by atoms with Gasteiger partial charge >= 0.3 is 5.97 Å². The molecule has 0 amide bonds. The lowest BCUT2D eigenvalue weighted by atomic mass is 10.6. The Morgan fingerprint density at radius 1 is 1.56 bits per heavy atom. The third kappa shape index (κ3) is 2.10. The highest BCUT2D eigenvalue weighted by molar-refractivity contribution is 7.89. The van der Waals surface area contributed by atoms with Crippen LogP contribution in [-0.4, -0.2) is 41.1 Å². The Morgan fingerprint density at radius 2 is 2.22 bits per heavy atom. The number of hydrogen-bond donors (Lipinski definition) is 2. The van der Waals surface area contributed by atoms with Crippen LogP contribution in [0.25, 0.3) is 5.65 Å². The van der Waals surface area contributed by atoms with Crippen LogP contribution in [0.5, 0.6) is 0 Å². The van der Waals surface area contributed by atoms with Gasteiger partial charge in [-0.05, 0) is 0 Å². The molecule has 0 radical (unpaired) electrons. The standard InChI is InChI=1S/C7H7N5O4S2/c1-16-6(13)5-10-7(18(8,14)15)9-3-2-4(17)11-12(3)5/h2H,1H3,(H,11,17)(H2,8,14,15). The minimum Gasteiger partial charge on any atom is -0.463 e. The zero-order chi connectivity index (χ0) is 13.5. The van der Waals surface area contributed by atoms with Gasteiger partial charge in [-0.2, -0.15) is 9.97 Å². The van der Waals surface area contributed by atoms with Gasteiger partial charge in [0, 0.05) is 6.07 Å². The average molecular weight is 289 g/mol. The maximum atomic E-state index is 11.5. The van der Waals surface area contributed by atoms with Crippen LogP contribution < -0.4 is 5.14 Å². The molecule has 2 rings (SSSR count). The lowest BCUT2D eigenvalue weighted by Gasteiger charge is -2.04. The molecule has 0 saturated carbocycles. The second kappa shape index (κ2) is 4.12. The summed E-state index contributed by atoms with van der Waals surface area (Å²) in [6.07, 6.45) is 0. The molecule has 3 N–H and O–H groups in total. The molecule has 0 atom stereocenters. The van der Waals surface area contributed by atoms with Gasteiger partial charge in [-0.25, -0.2) is 22.9 Å². The van der Waals surface area contributed by atoms with Gasteiger partial charge in [-0.15, -0.1) is 0 Å². The number of aromatic nitrogens is 4. The number of methoxy groups -OCH3 is 1. The molecule has 2 aromatic rings. The predicted molar refractivity (Wildman–Crippen MR) is 60.9 cm³/mol. The molecule has 0 aromatic carbocycles. The number of nitrogens with zero attached hydrogens (tertiary/aromatic N) is 3. The van der Waals surface area contributed by atoms with E-state index in [1.165, 1.54) is 6.07 Å². The highest BCUT2D eigenvalue weighted by atomic mass is 32.2. The van der Waals surface area contributed by atoms with Gasteiger partial charge in [0.05, 0.1) is 7.11 Å². The molecule has 0 aliphatic carbocycles. The molecule has 0 bridgehead atoms. The number of fused-ring (bicyclic) bond motifs is 1. The summed E-state index contributed by atoms with van der Waals surface area (Å²) in [5.41, 5.74) is 0.0967. The van der Waals surface area contributed by atoms with Crippen LogP contribution in [0.4, 0.5) is 0 Å². The van der Waals surface area contributed by atoms with Crippen LogP contribution in [0.1, 0.15) is 10.6 Å². The smallest absolute Gasteiger partial charge is 0.376 e. The summed E-state index contributed by atoms with van der Waals surface area (Å²) in [5.74, 6) is -1.17. The zero-order valence-corrected chi connectivity index (χ0v) is 10.6. The van der Waals surface area contributed by atoms with Crippen LogP contribution >= 0.6 is 12.2 Å². The van der Waals surface area contributed by atoms with Crippen molar-refractivity contribution in [1.29, 1.82) is 0 Å². The number of H-pyrrole nitrogens is 1. The number of carbonyl (C=O) groups excluding carboxylic acids is 1. The third-order valence-electron chi connectivity index (χ3n) is 1.96. The zero-order valence-electron chi connectivity index (χ0n) is 8.95. The fourth-order valence-corrected chi connectivity index (χ4v) is 1.88. The molecule has 0 spiro atoms. The van der Waals surface area contributed by atoms with Crippen molar-refractivity contribution in [1.82, 2.24) is 19.6 Å². The number of nitrogens with one attached hydrogen (secondary N) is 1. The van der Waals surface area contributed by atoms with Crippen LogP contribution in [-0.2, 0) is 14.8 Å². The molecule has 18 heavy (non-hydrogen) atoms. The molecule has 96 valence electrons. The summed E-state index contributed by atoms with van der Waals surface area (Å²) in [6, 6.07) is 1.36. The maximum absolute atomic E-state index is 11.5. The molecular weight excluding hydrogens is 282 g/mol. The van der Waals surface area contributed by atoms with Crippen molar-refractivity contribution in [3.63, 3.8) is 0 Å². The fourth-order valence-electron chi connectivity index (χ4n) is 1.24. The Hall–Kier alpha value is -1.85. The van der Waals surface area contributed by atoms with Gasteiger partial charge in [0.2, 0.25) is 5.82 Å². The Balaban J connectivity index is 2.89. The van der Waals surface area contributed by atoms with E-state index in [2.05, 4.69) is 19.8 Å². The lowest BCUT2D eigenvalue weighted by Crippen LogP contribution is -2.21. The van der Waals surface area contributed by atoms with E-state index in [0.29, 0.717) is 0 Å². The van der Waals surface area contributed by atoms with E-state index >= 15 is 0 Å². The average Bonchev–Trinajstić information content (AvgIpc) is 2.65. The summed E-state index contributed by atoms with van der Waals surface area (Å²) in [4.78, 5) is 18.7. The van der Waals surface area contributed by atoms with Crippen molar-refractivity contribution in [2.75, 3.05) is 7.11 Å². The number of ether oxygens (including phenoxy) is 1. The number of primary sulfonamides is 1. The fraction of sp³-hybridized carbons (Fsp3) is 0.143. The van der Waals surface area contributed by atoms with Gasteiger partial charge in [-0.3, -0.25) is 5.10 Å². The molecule has 0 unspecified atom stereocenters. The Bertz CT molecular complexity index is 790. The van der Waals surface area contributed by atoms with Crippen LogP contribution in [0.3, 0.4) is 0 Å². The van der Waals surface area contributed by atoms with Crippen molar-refractivity contribution < 1.29 is 17.9 Å². The summed E-state index contributed by atoms with van der Waals surface area (Å²) in [7, 11) is -3.01. The molecule has 2 aromatic heterocycles. The largest absolute Gasteiger partial charge is 0.463 e. The maximum Gasteiger partial charge on any atom is 0.376 e. The minimum absolute atomic E-state index is 0.0967. The number of rotatable bonds is 2. The van der Waals surface area contributed by atoms with E-state index in [1.807, 2.05) is 0 Å². The van der Waals surface area contributed by atoms with E-state index < -0.39 is 21.1 Å². The number of sulfonamides is 1. The van der Waals surface area contributed by atoms with Crippen molar-refractivity contribution in [2.45, 2.75) is 5.16 Å². The summed E-state index contributed by atoms with van der Waals surface area (Å²) < 4.78 is 28.2. The summed E-state index contributed by atoms with van der Waals surface area (Å²) >= 11 is 4.86. The van der Waals surface area contributed by atoms with Crippen molar-refractivity contribution in [3.8, 4) is 0 Å². The normalized spacial score (nSPS) is 11.7. The molecule has 2 heterocycles. The molecule has 0 saturated heterocycles. The molecule has 11 heteroatoms. The third-order valence-corrected chi connectivity index (χ3v) is 2.86. The van der Waals surface area contributed by atoms with E-state index in [4.69, 9.17) is 17.4 Å². The number of hydrogen-bond acceptors (Lipinski definition) is 7. The minimum atomic E-state index is -4.14. The monoisotopic (exact) mass is 289 g/mol. The number of aromatic amines is 1. The Labute approximate surface area is 106 Å². The molecular formula is C7H7N5O4S2. The number of nitrogens with two attached hydrogens (primary N) is 1. The second-order valence-electron chi connectivity index (χ2n) is 3.18. The number of esters is 1. The van der Waals surface area contributed by atoms with E-state index in [-0.39, 0.29) is 16.1 Å². The molecule has 0 fully saturated rings. The predicted octanol–water partition coefficient (Wildman–Crippen LogP) is -0.779. The van der Waals surface area contributed by atoms with Gasteiger partial charge in [0.25, 0.3) is 15.2 Å². The van der Waals surface area contributed by atoms with Crippen LogP contribution in [0.2, 0.25) is 0 Å². The Kier molecular flexibility index (Phi) is 2.88. The topological polar surface area (TPSA) is 132 Å². The van der Waals surface area contributed by atoms with E-state index in [1.54, 1.807) is 0 Å². The first-order valence-electron chi connectivity index (χ1n) is 4.44. The van der Waals surface area contributed by atoms with Crippen LogP contribution in [0.15, 0.2) is 11.2 Å². The van der Waals surface area contributed by atoms with Gasteiger partial charge < -0.3 is 4.74 Å². The molecule has 0 aliphatic heterocycles. The van der Waals surface area contributed by atoms with E-state index in [0.717, 1.165) is 11.6 Å². The van der Waals surface area contributed by atoms with Crippen molar-refractivity contribution >= 4 is 33.9 Å². The van der Waals surface area contributed by atoms with Crippen LogP contribution in [0, 0.1) is 4.64 Å².